The number of fused-ring (bicyclic) bond motifs is 1. The van der Waals surface area contributed by atoms with E-state index in [0.29, 0.717) is 0 Å². The zero-order valence-electron chi connectivity index (χ0n) is 13.3. The molecule has 0 spiro atoms. The van der Waals surface area contributed by atoms with Gasteiger partial charge in [0.15, 0.2) is 0 Å². The van der Waals surface area contributed by atoms with Crippen molar-refractivity contribution < 1.29 is 9.53 Å². The predicted octanol–water partition coefficient (Wildman–Crippen LogP) is 4.85. The van der Waals surface area contributed by atoms with Gasteiger partial charge in [-0.05, 0) is 21.9 Å². The van der Waals surface area contributed by atoms with E-state index in [4.69, 9.17) is 4.74 Å². The number of hydrogen-bond acceptors (Lipinski definition) is 2. The van der Waals surface area contributed by atoms with Gasteiger partial charge in [-0.2, -0.15) is 0 Å². The standard InChI is InChI=1S/C21H17IO2/c1-24-20(23)21(15-10-3-2-4-11-15)18(19(21)22)17-13-7-9-14-8-5-6-12-16(14)17/h2-13,18-19H,1H3/t18-,19+,21-/m1/s1. The van der Waals surface area contributed by atoms with Crippen molar-refractivity contribution in [2.45, 2.75) is 15.3 Å². The van der Waals surface area contributed by atoms with Gasteiger partial charge >= 0.3 is 5.97 Å². The Bertz CT molecular complexity index is 901. The zero-order valence-corrected chi connectivity index (χ0v) is 15.4. The van der Waals surface area contributed by atoms with Crippen LogP contribution in [0.1, 0.15) is 17.0 Å². The zero-order chi connectivity index (χ0) is 16.7. The van der Waals surface area contributed by atoms with Crippen LogP contribution in [0.25, 0.3) is 10.8 Å². The van der Waals surface area contributed by atoms with E-state index in [1.807, 2.05) is 36.4 Å². The Morgan fingerprint density at radius 1 is 0.958 bits per heavy atom. The van der Waals surface area contributed by atoms with Gasteiger partial charge < -0.3 is 4.74 Å². The molecule has 1 fully saturated rings. The lowest BCUT2D eigenvalue weighted by molar-refractivity contribution is -0.143. The Morgan fingerprint density at radius 3 is 2.38 bits per heavy atom. The highest BCUT2D eigenvalue weighted by molar-refractivity contribution is 14.1. The molecule has 2 nitrogen and oxygen atoms in total. The van der Waals surface area contributed by atoms with Gasteiger partial charge in [-0.25, -0.2) is 0 Å². The third kappa shape index (κ3) is 2.10. The number of hydrogen-bond donors (Lipinski definition) is 0. The fourth-order valence-corrected chi connectivity index (χ4v) is 5.60. The minimum atomic E-state index is -0.597. The maximum Gasteiger partial charge on any atom is 0.318 e. The van der Waals surface area contributed by atoms with Crippen molar-refractivity contribution in [3.8, 4) is 0 Å². The van der Waals surface area contributed by atoms with Crippen LogP contribution in [0.4, 0.5) is 0 Å². The molecule has 24 heavy (non-hydrogen) atoms. The summed E-state index contributed by atoms with van der Waals surface area (Å²) < 4.78 is 5.40. The molecule has 0 saturated heterocycles. The summed E-state index contributed by atoms with van der Waals surface area (Å²) >= 11 is 2.41. The van der Waals surface area contributed by atoms with Gasteiger partial charge in [0.05, 0.1) is 7.11 Å². The van der Waals surface area contributed by atoms with Crippen LogP contribution in [-0.4, -0.2) is 17.0 Å². The second-order valence-electron chi connectivity index (χ2n) is 6.17. The molecule has 0 radical (unpaired) electrons. The molecule has 120 valence electrons. The number of halogens is 1. The molecule has 3 atom stereocenters. The second kappa shape index (κ2) is 5.88. The van der Waals surface area contributed by atoms with Crippen molar-refractivity contribution >= 4 is 39.3 Å². The molecule has 0 amide bonds. The first-order chi connectivity index (χ1) is 11.7. The molecule has 0 aliphatic heterocycles. The highest BCUT2D eigenvalue weighted by Crippen LogP contribution is 2.66. The van der Waals surface area contributed by atoms with Crippen molar-refractivity contribution in [2.24, 2.45) is 0 Å². The number of esters is 1. The topological polar surface area (TPSA) is 26.3 Å². The van der Waals surface area contributed by atoms with E-state index in [0.717, 1.165) is 5.56 Å². The Kier molecular flexibility index (Phi) is 3.83. The van der Waals surface area contributed by atoms with Crippen LogP contribution in [0.15, 0.2) is 72.8 Å². The van der Waals surface area contributed by atoms with Crippen molar-refractivity contribution in [3.63, 3.8) is 0 Å². The van der Waals surface area contributed by atoms with Crippen LogP contribution in [0, 0.1) is 0 Å². The van der Waals surface area contributed by atoms with Crippen molar-refractivity contribution in [2.75, 3.05) is 7.11 Å². The number of alkyl halides is 1. The first-order valence-corrected chi connectivity index (χ1v) is 9.21. The van der Waals surface area contributed by atoms with Crippen molar-refractivity contribution in [1.29, 1.82) is 0 Å². The molecule has 3 aromatic rings. The van der Waals surface area contributed by atoms with E-state index in [9.17, 15) is 4.79 Å². The summed E-state index contributed by atoms with van der Waals surface area (Å²) in [5, 5.41) is 2.42. The van der Waals surface area contributed by atoms with Crippen LogP contribution < -0.4 is 0 Å². The van der Waals surface area contributed by atoms with Crippen LogP contribution in [0.3, 0.4) is 0 Å². The van der Waals surface area contributed by atoms with E-state index in [2.05, 4.69) is 59.0 Å². The van der Waals surface area contributed by atoms with E-state index >= 15 is 0 Å². The van der Waals surface area contributed by atoms with Gasteiger partial charge in [0.2, 0.25) is 0 Å². The number of benzene rings is 3. The molecule has 1 aliphatic rings. The molecule has 0 aromatic heterocycles. The van der Waals surface area contributed by atoms with Crippen LogP contribution in [0.5, 0.6) is 0 Å². The average Bonchev–Trinajstić information content (AvgIpc) is 3.27. The van der Waals surface area contributed by atoms with Gasteiger partial charge in [-0.1, -0.05) is 95.4 Å². The van der Waals surface area contributed by atoms with E-state index in [1.54, 1.807) is 0 Å². The van der Waals surface area contributed by atoms with Crippen molar-refractivity contribution in [3.05, 3.63) is 83.9 Å². The Hall–Kier alpha value is -1.88. The van der Waals surface area contributed by atoms with E-state index in [-0.39, 0.29) is 15.8 Å². The molecular weight excluding hydrogens is 411 g/mol. The SMILES string of the molecule is COC(=O)[C@]1(c2ccccc2)[C@H](c2cccc3ccccc23)[C@@H]1I. The molecule has 0 bridgehead atoms. The molecule has 3 heteroatoms. The predicted molar refractivity (Wildman–Crippen MR) is 105 cm³/mol. The minimum absolute atomic E-state index is 0.124. The lowest BCUT2D eigenvalue weighted by atomic mass is 9.89. The molecule has 0 unspecified atom stereocenters. The molecule has 1 saturated carbocycles. The Labute approximate surface area is 155 Å². The lowest BCUT2D eigenvalue weighted by Crippen LogP contribution is -2.26. The van der Waals surface area contributed by atoms with Crippen LogP contribution in [-0.2, 0) is 14.9 Å². The first-order valence-electron chi connectivity index (χ1n) is 7.97. The highest BCUT2D eigenvalue weighted by atomic mass is 127. The lowest BCUT2D eigenvalue weighted by Gasteiger charge is -2.16. The van der Waals surface area contributed by atoms with Gasteiger partial charge in [-0.15, -0.1) is 0 Å². The summed E-state index contributed by atoms with van der Waals surface area (Å²) in [5.41, 5.74) is 1.66. The Balaban J connectivity index is 1.91. The molecular formula is C21H17IO2. The summed E-state index contributed by atoms with van der Waals surface area (Å²) in [6.07, 6.45) is 0. The van der Waals surface area contributed by atoms with Crippen LogP contribution >= 0.6 is 22.6 Å². The van der Waals surface area contributed by atoms with Gasteiger partial charge in [0.25, 0.3) is 0 Å². The highest BCUT2D eigenvalue weighted by Gasteiger charge is 2.71. The van der Waals surface area contributed by atoms with E-state index in [1.165, 1.54) is 23.4 Å². The monoisotopic (exact) mass is 428 g/mol. The summed E-state index contributed by atoms with van der Waals surface area (Å²) in [7, 11) is 1.48. The molecule has 4 rings (SSSR count). The van der Waals surface area contributed by atoms with Gasteiger partial charge in [0.1, 0.15) is 5.41 Å². The number of carbonyl (C=O) groups excluding carboxylic acids is 1. The van der Waals surface area contributed by atoms with Crippen LogP contribution in [0.2, 0.25) is 0 Å². The summed E-state index contributed by atoms with van der Waals surface area (Å²) in [5.74, 6) is -0.0231. The third-order valence-electron chi connectivity index (χ3n) is 5.04. The number of ether oxygens (including phenoxy) is 1. The maximum absolute atomic E-state index is 12.8. The van der Waals surface area contributed by atoms with Gasteiger partial charge in [-0.3, -0.25) is 4.79 Å². The first kappa shape index (κ1) is 15.6. The quantitative estimate of drug-likeness (QED) is 0.339. The molecule has 0 heterocycles. The second-order valence-corrected chi connectivity index (χ2v) is 7.52. The van der Waals surface area contributed by atoms with Crippen molar-refractivity contribution in [1.82, 2.24) is 0 Å². The molecule has 1 aliphatic carbocycles. The third-order valence-corrected chi connectivity index (χ3v) is 6.74. The molecule has 0 N–H and O–H groups in total. The number of rotatable bonds is 3. The molecule has 3 aromatic carbocycles. The summed E-state index contributed by atoms with van der Waals surface area (Å²) in [6.45, 7) is 0. The van der Waals surface area contributed by atoms with E-state index < -0.39 is 5.41 Å². The average molecular weight is 428 g/mol. The Morgan fingerprint density at radius 2 is 1.62 bits per heavy atom. The minimum Gasteiger partial charge on any atom is -0.468 e. The largest absolute Gasteiger partial charge is 0.468 e. The summed E-state index contributed by atoms with van der Waals surface area (Å²) in [6, 6.07) is 24.7. The van der Waals surface area contributed by atoms with Gasteiger partial charge in [0, 0.05) is 9.84 Å². The number of carbonyl (C=O) groups is 1. The number of methoxy groups -OCH3 is 1. The summed E-state index contributed by atoms with van der Waals surface area (Å²) in [4.78, 5) is 12.8. The fourth-order valence-electron chi connectivity index (χ4n) is 3.85. The fraction of sp³-hybridized carbons (Fsp3) is 0.190. The normalized spacial score (nSPS) is 25.4. The smallest absolute Gasteiger partial charge is 0.318 e. The maximum atomic E-state index is 12.8.